The van der Waals surface area contributed by atoms with Crippen molar-refractivity contribution in [1.29, 1.82) is 0 Å². The van der Waals surface area contributed by atoms with Crippen molar-refractivity contribution in [3.63, 3.8) is 0 Å². The first-order valence-electron chi connectivity index (χ1n) is 14.1. The van der Waals surface area contributed by atoms with Crippen LogP contribution in [0.1, 0.15) is 33.5 Å². The van der Waals surface area contributed by atoms with Crippen molar-refractivity contribution in [3.05, 3.63) is 81.3 Å². The molecule has 0 aliphatic heterocycles. The molecule has 0 heterocycles. The lowest BCUT2D eigenvalue weighted by atomic mass is 9.58. The summed E-state index contributed by atoms with van der Waals surface area (Å²) in [6, 6.07) is 10.5. The summed E-state index contributed by atoms with van der Waals surface area (Å²) >= 11 is 0. The van der Waals surface area contributed by atoms with Crippen LogP contribution < -0.4 is 10.5 Å². The number of carbonyl (C=O) groups excluding carboxylic acids is 3. The highest BCUT2D eigenvalue weighted by molar-refractivity contribution is 6.24. The zero-order chi connectivity index (χ0) is 31.4. The number of carbonyl (C=O) groups is 3. The van der Waals surface area contributed by atoms with Crippen molar-refractivity contribution in [3.8, 4) is 11.5 Å². The van der Waals surface area contributed by atoms with Crippen LogP contribution in [-0.4, -0.2) is 94.1 Å². The summed E-state index contributed by atoms with van der Waals surface area (Å²) in [6.45, 7) is 1.16. The van der Waals surface area contributed by atoms with Crippen LogP contribution in [0.15, 0.2) is 59.1 Å². The number of nitrogens with zero attached hydrogens (tertiary/aromatic N) is 2. The summed E-state index contributed by atoms with van der Waals surface area (Å²) in [5, 5.41) is 45.2. The minimum absolute atomic E-state index is 0.0108. The topological polar surface area (TPSA) is 174 Å². The fourth-order valence-electron chi connectivity index (χ4n) is 7.07. The average Bonchev–Trinajstić information content (AvgIpc) is 2.94. The van der Waals surface area contributed by atoms with E-state index in [4.69, 9.17) is 10.5 Å². The van der Waals surface area contributed by atoms with Gasteiger partial charge in [0.25, 0.3) is 5.91 Å². The number of hydrogen-bond donors (Lipinski definition) is 5. The zero-order valence-electron chi connectivity index (χ0n) is 24.6. The molecule has 3 aliphatic rings. The molecule has 2 aromatic rings. The van der Waals surface area contributed by atoms with Crippen LogP contribution in [0.4, 0.5) is 0 Å². The van der Waals surface area contributed by atoms with Crippen LogP contribution in [0.3, 0.4) is 0 Å². The Bertz CT molecular complexity index is 1560. The van der Waals surface area contributed by atoms with Gasteiger partial charge >= 0.3 is 0 Å². The van der Waals surface area contributed by atoms with Gasteiger partial charge in [-0.25, -0.2) is 0 Å². The molecule has 0 bridgehead atoms. The van der Waals surface area contributed by atoms with Crippen LogP contribution in [0.2, 0.25) is 0 Å². The third kappa shape index (κ3) is 4.77. The number of allylic oxidation sites excluding steroid dienone is 1. The van der Waals surface area contributed by atoms with Crippen molar-refractivity contribution < 1.29 is 39.5 Å². The van der Waals surface area contributed by atoms with Crippen LogP contribution in [0.25, 0.3) is 0 Å². The highest BCUT2D eigenvalue weighted by Gasteiger charge is 2.63. The van der Waals surface area contributed by atoms with Crippen LogP contribution in [0, 0.1) is 11.8 Å². The van der Waals surface area contributed by atoms with E-state index in [1.807, 2.05) is 25.2 Å². The van der Waals surface area contributed by atoms with E-state index in [0.717, 1.165) is 13.0 Å². The van der Waals surface area contributed by atoms with Gasteiger partial charge < -0.3 is 35.8 Å². The van der Waals surface area contributed by atoms with Gasteiger partial charge in [-0.3, -0.25) is 19.3 Å². The number of phenolic OH excluding ortho intramolecular Hbond substituents is 1. The SMILES string of the molecule is COc1c(CN(C)CCc2ccccc2)cc(O)c2c1C[C@H]1C[C@H]3[C@H](N(C)C)C(O)=C(C(N)=O)C(=O)[C@@]3(O)C(O)=C1C2=O. The van der Waals surface area contributed by atoms with Crippen LogP contribution in [-0.2, 0) is 29.0 Å². The molecule has 11 nitrogen and oxygen atoms in total. The van der Waals surface area contributed by atoms with Crippen molar-refractivity contribution >= 4 is 17.5 Å². The van der Waals surface area contributed by atoms with Gasteiger partial charge in [-0.2, -0.15) is 0 Å². The predicted molar refractivity (Wildman–Crippen MR) is 157 cm³/mol. The number of ether oxygens (including phenoxy) is 1. The lowest BCUT2D eigenvalue weighted by molar-refractivity contribution is -0.148. The molecule has 2 aromatic carbocycles. The quantitative estimate of drug-likeness (QED) is 0.285. The second-order valence-electron chi connectivity index (χ2n) is 11.9. The first-order valence-corrected chi connectivity index (χ1v) is 14.1. The number of methoxy groups -OCH3 is 1. The van der Waals surface area contributed by atoms with E-state index in [2.05, 4.69) is 17.0 Å². The Morgan fingerprint density at radius 1 is 1.12 bits per heavy atom. The third-order valence-corrected chi connectivity index (χ3v) is 9.02. The Morgan fingerprint density at radius 3 is 2.40 bits per heavy atom. The Hall–Kier alpha value is -4.19. The molecule has 0 radical (unpaired) electrons. The Balaban J connectivity index is 1.55. The largest absolute Gasteiger partial charge is 0.510 e. The predicted octanol–water partition coefficient (Wildman–Crippen LogP) is 1.80. The minimum atomic E-state index is -2.67. The summed E-state index contributed by atoms with van der Waals surface area (Å²) in [4.78, 5) is 43.1. The second-order valence-corrected chi connectivity index (χ2v) is 11.9. The molecule has 228 valence electrons. The number of Topliss-reactive ketones (excluding diaryl/α,β-unsaturated/α-hetero) is 2. The van der Waals surface area contributed by atoms with E-state index in [1.54, 1.807) is 14.1 Å². The molecule has 0 saturated heterocycles. The van der Waals surface area contributed by atoms with Gasteiger partial charge in [0.1, 0.15) is 28.6 Å². The number of fused-ring (bicyclic) bond motifs is 3. The Morgan fingerprint density at radius 2 is 1.79 bits per heavy atom. The van der Waals surface area contributed by atoms with Gasteiger partial charge in [0.15, 0.2) is 11.4 Å². The molecular weight excluding hydrogens is 554 g/mol. The summed E-state index contributed by atoms with van der Waals surface area (Å²) in [5.41, 5.74) is 3.93. The molecule has 0 spiro atoms. The summed E-state index contributed by atoms with van der Waals surface area (Å²) in [5.74, 6) is -6.41. The number of ketones is 2. The molecule has 5 rings (SSSR count). The van der Waals surface area contributed by atoms with Gasteiger partial charge in [-0.1, -0.05) is 30.3 Å². The van der Waals surface area contributed by atoms with E-state index in [1.165, 1.54) is 23.6 Å². The lowest BCUT2D eigenvalue weighted by Gasteiger charge is -2.50. The summed E-state index contributed by atoms with van der Waals surface area (Å²) < 4.78 is 5.80. The number of amides is 1. The number of likely N-dealkylation sites (N-methyl/N-ethyl adjacent to an activating group) is 2. The maximum atomic E-state index is 13.9. The number of primary amides is 1. The normalized spacial score (nSPS) is 25.1. The van der Waals surface area contributed by atoms with E-state index in [0.29, 0.717) is 23.4 Å². The summed E-state index contributed by atoms with van der Waals surface area (Å²) in [6.07, 6.45) is 0.989. The average molecular weight is 592 g/mol. The smallest absolute Gasteiger partial charge is 0.255 e. The van der Waals surface area contributed by atoms with Crippen molar-refractivity contribution in [2.75, 3.05) is 34.8 Å². The number of benzene rings is 2. The maximum Gasteiger partial charge on any atom is 0.255 e. The number of aliphatic hydroxyl groups is 3. The van der Waals surface area contributed by atoms with Gasteiger partial charge in [0.2, 0.25) is 5.78 Å². The van der Waals surface area contributed by atoms with Crippen molar-refractivity contribution in [1.82, 2.24) is 9.80 Å². The molecule has 0 aromatic heterocycles. The number of phenols is 1. The molecule has 43 heavy (non-hydrogen) atoms. The van der Waals surface area contributed by atoms with Gasteiger partial charge in [0, 0.05) is 35.7 Å². The van der Waals surface area contributed by atoms with Crippen LogP contribution in [0.5, 0.6) is 11.5 Å². The number of aliphatic hydroxyl groups excluding tert-OH is 2. The minimum Gasteiger partial charge on any atom is -0.510 e. The molecule has 0 unspecified atom stereocenters. The summed E-state index contributed by atoms with van der Waals surface area (Å²) in [7, 11) is 6.62. The molecule has 0 fully saturated rings. The molecule has 0 saturated carbocycles. The number of hydrogen-bond acceptors (Lipinski definition) is 10. The van der Waals surface area contributed by atoms with Gasteiger partial charge in [0.05, 0.1) is 18.7 Å². The molecule has 3 aliphatic carbocycles. The Labute approximate surface area is 249 Å². The first kappa shape index (κ1) is 30.3. The van der Waals surface area contributed by atoms with Gasteiger partial charge in [-0.15, -0.1) is 0 Å². The first-order chi connectivity index (χ1) is 20.3. The molecular formula is C32H37N3O8. The Kier molecular flexibility index (Phi) is 7.84. The van der Waals surface area contributed by atoms with E-state index in [9.17, 15) is 34.8 Å². The molecule has 1 amide bonds. The second kappa shape index (κ2) is 11.1. The number of aromatic hydroxyl groups is 1. The van der Waals surface area contributed by atoms with Gasteiger partial charge in [-0.05, 0) is 58.0 Å². The van der Waals surface area contributed by atoms with Crippen molar-refractivity contribution in [2.24, 2.45) is 17.6 Å². The molecule has 11 heteroatoms. The fourth-order valence-corrected chi connectivity index (χ4v) is 7.07. The van der Waals surface area contributed by atoms with Crippen LogP contribution >= 0.6 is 0 Å². The van der Waals surface area contributed by atoms with E-state index < -0.39 is 58.0 Å². The lowest BCUT2D eigenvalue weighted by Crippen LogP contribution is -2.63. The molecule has 4 atom stereocenters. The highest BCUT2D eigenvalue weighted by Crippen LogP contribution is 2.53. The number of rotatable bonds is 8. The monoisotopic (exact) mass is 591 g/mol. The maximum absolute atomic E-state index is 13.9. The van der Waals surface area contributed by atoms with E-state index >= 15 is 0 Å². The standard InChI is InChI=1S/C32H37N3O8/c1-34(2)25-20-13-17-12-19-23(26(37)22(17)29(39)32(20,42)30(40)24(27(25)38)31(33)41)21(36)14-18(28(19)43-4)15-35(3)11-10-16-8-6-5-7-9-16/h5-9,14,17,20,25,36,38-39,42H,10-13,15H2,1-4H3,(H2,33,41)/t17-,20-,25-,32-/m0/s1. The highest BCUT2D eigenvalue weighted by atomic mass is 16.5. The number of nitrogens with two attached hydrogens (primary N) is 1. The third-order valence-electron chi connectivity index (χ3n) is 9.02. The fraction of sp³-hybridized carbons (Fsp3) is 0.406. The zero-order valence-corrected chi connectivity index (χ0v) is 24.6. The van der Waals surface area contributed by atoms with E-state index in [-0.39, 0.29) is 29.7 Å². The van der Waals surface area contributed by atoms with Crippen molar-refractivity contribution in [2.45, 2.75) is 37.5 Å². The molecule has 6 N–H and O–H groups in total.